The number of oxime groups is 1. The molecule has 0 aliphatic carbocycles. The summed E-state index contributed by atoms with van der Waals surface area (Å²) in [6.07, 6.45) is 1.12. The molecule has 1 heterocycles. The normalized spacial score (nSPS) is 20.3. The van der Waals surface area contributed by atoms with E-state index in [0.717, 1.165) is 35.2 Å². The third kappa shape index (κ3) is 2.84. The fraction of sp³-hybridized carbons (Fsp3) is 0.462. The number of halogens is 1. The van der Waals surface area contributed by atoms with E-state index in [1.54, 1.807) is 0 Å². The van der Waals surface area contributed by atoms with E-state index < -0.39 is 0 Å². The lowest BCUT2D eigenvalue weighted by Gasteiger charge is -2.24. The summed E-state index contributed by atoms with van der Waals surface area (Å²) in [5.41, 5.74) is 7.55. The molecule has 0 radical (unpaired) electrons. The maximum Gasteiger partial charge on any atom is 0.173 e. The van der Waals surface area contributed by atoms with Gasteiger partial charge < -0.3 is 20.7 Å². The van der Waals surface area contributed by atoms with Gasteiger partial charge in [-0.2, -0.15) is 0 Å². The molecule has 6 heteroatoms. The number of rotatable bonds is 3. The highest BCUT2D eigenvalue weighted by Crippen LogP contribution is 2.30. The molecule has 0 saturated carbocycles. The molecule has 1 fully saturated rings. The Bertz CT molecular complexity index is 490. The van der Waals surface area contributed by atoms with Crippen molar-refractivity contribution in [2.75, 3.05) is 32.1 Å². The van der Waals surface area contributed by atoms with Gasteiger partial charge in [0.05, 0.1) is 5.56 Å². The van der Waals surface area contributed by atoms with Crippen LogP contribution in [-0.2, 0) is 0 Å². The predicted octanol–water partition coefficient (Wildman–Crippen LogP) is 1.68. The molecule has 1 unspecified atom stereocenters. The number of benzene rings is 1. The lowest BCUT2D eigenvalue weighted by Crippen LogP contribution is -2.32. The van der Waals surface area contributed by atoms with Crippen molar-refractivity contribution < 1.29 is 5.21 Å². The van der Waals surface area contributed by atoms with Crippen LogP contribution in [0.2, 0.25) is 0 Å². The zero-order valence-corrected chi connectivity index (χ0v) is 12.8. The van der Waals surface area contributed by atoms with E-state index in [-0.39, 0.29) is 5.84 Å². The van der Waals surface area contributed by atoms with Crippen molar-refractivity contribution in [3.8, 4) is 0 Å². The maximum absolute atomic E-state index is 8.94. The SMILES string of the molecule is CN(C)C1CCN(c2cccc(Br)c2/C(N)=N/O)C1. The smallest absolute Gasteiger partial charge is 0.173 e. The minimum absolute atomic E-state index is 0.135. The number of nitrogens with zero attached hydrogens (tertiary/aromatic N) is 3. The minimum Gasteiger partial charge on any atom is -0.409 e. The van der Waals surface area contributed by atoms with Crippen LogP contribution in [0.3, 0.4) is 0 Å². The fourth-order valence-electron chi connectivity index (χ4n) is 2.46. The van der Waals surface area contributed by atoms with Crippen molar-refractivity contribution in [1.29, 1.82) is 0 Å². The van der Waals surface area contributed by atoms with E-state index in [2.05, 4.69) is 45.0 Å². The van der Waals surface area contributed by atoms with Crippen molar-refractivity contribution in [1.82, 2.24) is 4.90 Å². The molecule has 1 aliphatic rings. The Balaban J connectivity index is 2.33. The highest BCUT2D eigenvalue weighted by atomic mass is 79.9. The van der Waals surface area contributed by atoms with Crippen molar-refractivity contribution in [3.63, 3.8) is 0 Å². The Morgan fingerprint density at radius 1 is 1.53 bits per heavy atom. The second-order valence-electron chi connectivity index (χ2n) is 4.97. The molecule has 1 aromatic carbocycles. The average Bonchev–Trinajstić information content (AvgIpc) is 2.87. The Morgan fingerprint density at radius 3 is 2.84 bits per heavy atom. The first-order valence-electron chi connectivity index (χ1n) is 6.22. The molecule has 1 saturated heterocycles. The zero-order valence-electron chi connectivity index (χ0n) is 11.2. The van der Waals surface area contributed by atoms with Gasteiger partial charge in [0.1, 0.15) is 0 Å². The zero-order chi connectivity index (χ0) is 14.0. The Labute approximate surface area is 121 Å². The van der Waals surface area contributed by atoms with Crippen molar-refractivity contribution >= 4 is 27.5 Å². The van der Waals surface area contributed by atoms with Gasteiger partial charge in [0.25, 0.3) is 0 Å². The molecule has 0 amide bonds. The minimum atomic E-state index is 0.135. The first kappa shape index (κ1) is 14.1. The van der Waals surface area contributed by atoms with E-state index in [9.17, 15) is 0 Å². The van der Waals surface area contributed by atoms with E-state index in [4.69, 9.17) is 10.9 Å². The summed E-state index contributed by atoms with van der Waals surface area (Å²) in [5, 5.41) is 12.1. The molecular weight excluding hydrogens is 308 g/mol. The van der Waals surface area contributed by atoms with Crippen LogP contribution in [-0.4, -0.2) is 49.2 Å². The van der Waals surface area contributed by atoms with Crippen LogP contribution >= 0.6 is 15.9 Å². The third-order valence-corrected chi connectivity index (χ3v) is 4.25. The summed E-state index contributed by atoms with van der Waals surface area (Å²) in [7, 11) is 4.19. The summed E-state index contributed by atoms with van der Waals surface area (Å²) in [6, 6.07) is 6.42. The van der Waals surface area contributed by atoms with Gasteiger partial charge >= 0.3 is 0 Å². The quantitative estimate of drug-likeness (QED) is 0.384. The highest BCUT2D eigenvalue weighted by Gasteiger charge is 2.26. The topological polar surface area (TPSA) is 65.1 Å². The Morgan fingerprint density at radius 2 is 2.26 bits per heavy atom. The van der Waals surface area contributed by atoms with Gasteiger partial charge in [-0.1, -0.05) is 11.2 Å². The van der Waals surface area contributed by atoms with Crippen molar-refractivity contribution in [3.05, 3.63) is 28.2 Å². The van der Waals surface area contributed by atoms with Crippen LogP contribution in [0, 0.1) is 0 Å². The Hall–Kier alpha value is -1.27. The molecule has 2 rings (SSSR count). The van der Waals surface area contributed by atoms with Gasteiger partial charge in [0.2, 0.25) is 0 Å². The molecule has 1 aromatic rings. The van der Waals surface area contributed by atoms with Gasteiger partial charge in [0.15, 0.2) is 5.84 Å². The molecule has 5 nitrogen and oxygen atoms in total. The largest absolute Gasteiger partial charge is 0.409 e. The maximum atomic E-state index is 8.94. The average molecular weight is 327 g/mol. The molecule has 3 N–H and O–H groups in total. The summed E-state index contributed by atoms with van der Waals surface area (Å²) in [5.74, 6) is 0.135. The van der Waals surface area contributed by atoms with Crippen LogP contribution in [0.25, 0.3) is 0 Å². The number of amidine groups is 1. The van der Waals surface area contributed by atoms with Gasteiger partial charge in [-0.25, -0.2) is 0 Å². The second kappa shape index (κ2) is 5.79. The second-order valence-corrected chi connectivity index (χ2v) is 5.83. The number of hydrogen-bond acceptors (Lipinski definition) is 4. The first-order valence-corrected chi connectivity index (χ1v) is 7.01. The number of anilines is 1. The van der Waals surface area contributed by atoms with Crippen LogP contribution in [0.15, 0.2) is 27.8 Å². The van der Waals surface area contributed by atoms with Crippen LogP contribution < -0.4 is 10.6 Å². The summed E-state index contributed by atoms with van der Waals surface area (Å²) in [4.78, 5) is 4.52. The highest BCUT2D eigenvalue weighted by molar-refractivity contribution is 9.10. The predicted molar refractivity (Wildman–Crippen MR) is 81.0 cm³/mol. The van der Waals surface area contributed by atoms with Gasteiger partial charge in [-0.3, -0.25) is 0 Å². The summed E-state index contributed by atoms with van der Waals surface area (Å²) in [6.45, 7) is 1.93. The van der Waals surface area contributed by atoms with Crippen molar-refractivity contribution in [2.24, 2.45) is 10.9 Å². The van der Waals surface area contributed by atoms with Crippen LogP contribution in [0.1, 0.15) is 12.0 Å². The monoisotopic (exact) mass is 326 g/mol. The number of nitrogens with two attached hydrogens (primary N) is 1. The van der Waals surface area contributed by atoms with Crippen molar-refractivity contribution in [2.45, 2.75) is 12.5 Å². The lowest BCUT2D eigenvalue weighted by atomic mass is 10.1. The van der Waals surface area contributed by atoms with Gasteiger partial charge in [-0.15, -0.1) is 0 Å². The standard InChI is InChI=1S/C13H19BrN4O/c1-17(2)9-6-7-18(8-9)11-5-3-4-10(14)12(11)13(15)16-19/h3-5,9,19H,6-8H2,1-2H3,(H2,15,16). The van der Waals surface area contributed by atoms with Gasteiger partial charge in [-0.05, 0) is 48.6 Å². The molecule has 0 spiro atoms. The number of likely N-dealkylation sites (N-methyl/N-ethyl adjacent to an activating group) is 1. The van der Waals surface area contributed by atoms with Crippen LogP contribution in [0.5, 0.6) is 0 Å². The third-order valence-electron chi connectivity index (χ3n) is 3.59. The molecule has 19 heavy (non-hydrogen) atoms. The van der Waals surface area contributed by atoms with E-state index in [1.807, 2.05) is 18.2 Å². The van der Waals surface area contributed by atoms with E-state index >= 15 is 0 Å². The van der Waals surface area contributed by atoms with Crippen LogP contribution in [0.4, 0.5) is 5.69 Å². The molecule has 0 aromatic heterocycles. The van der Waals surface area contributed by atoms with E-state index in [0.29, 0.717) is 6.04 Å². The molecule has 104 valence electrons. The number of hydrogen-bond donors (Lipinski definition) is 2. The molecule has 1 aliphatic heterocycles. The van der Waals surface area contributed by atoms with Gasteiger partial charge in [0, 0.05) is 29.3 Å². The molecule has 0 bridgehead atoms. The lowest BCUT2D eigenvalue weighted by molar-refractivity contribution is 0.315. The first-order chi connectivity index (χ1) is 9.04. The van der Waals surface area contributed by atoms with E-state index in [1.165, 1.54) is 0 Å². The molecular formula is C13H19BrN4O. The fourth-order valence-corrected chi connectivity index (χ4v) is 3.02. The summed E-state index contributed by atoms with van der Waals surface area (Å²) >= 11 is 3.47. The summed E-state index contributed by atoms with van der Waals surface area (Å²) < 4.78 is 0.841. The Kier molecular flexibility index (Phi) is 4.31. The molecule has 1 atom stereocenters.